The van der Waals surface area contributed by atoms with E-state index in [1.807, 2.05) is 75.4 Å². The normalized spacial score (nSPS) is 10.9. The van der Waals surface area contributed by atoms with Crippen LogP contribution >= 0.6 is 0 Å². The van der Waals surface area contributed by atoms with Crippen LogP contribution in [0.3, 0.4) is 0 Å². The van der Waals surface area contributed by atoms with E-state index >= 15 is 0 Å². The summed E-state index contributed by atoms with van der Waals surface area (Å²) in [6.07, 6.45) is 0.764. The molecular weight excluding hydrogens is 390 g/mol. The number of carbonyl (C=O) groups is 1. The molecule has 4 rings (SSSR count). The molecule has 0 unspecified atom stereocenters. The van der Waals surface area contributed by atoms with Crippen molar-refractivity contribution in [3.05, 3.63) is 88.6 Å². The SMILES string of the molecule is Cc1ccc(-c2nc(Cn3nnc(C(=O)NCCc4ccccc4)c3C)c(C)o2)cc1. The first-order chi connectivity index (χ1) is 15.0. The van der Waals surface area contributed by atoms with Crippen LogP contribution in [0.15, 0.2) is 59.0 Å². The van der Waals surface area contributed by atoms with Gasteiger partial charge in [-0.15, -0.1) is 5.10 Å². The molecule has 0 bridgehead atoms. The second-order valence-corrected chi connectivity index (χ2v) is 7.56. The number of amides is 1. The van der Waals surface area contributed by atoms with Crippen LogP contribution in [0.25, 0.3) is 11.5 Å². The van der Waals surface area contributed by atoms with Crippen molar-refractivity contribution in [2.45, 2.75) is 33.7 Å². The Morgan fingerprint density at radius 3 is 2.52 bits per heavy atom. The molecular formula is C24H25N5O2. The van der Waals surface area contributed by atoms with Gasteiger partial charge in [0.05, 0.1) is 12.2 Å². The summed E-state index contributed by atoms with van der Waals surface area (Å²) < 4.78 is 7.53. The highest BCUT2D eigenvalue weighted by Gasteiger charge is 2.19. The number of hydrogen-bond acceptors (Lipinski definition) is 5. The van der Waals surface area contributed by atoms with Gasteiger partial charge in [0.2, 0.25) is 5.89 Å². The fourth-order valence-electron chi connectivity index (χ4n) is 3.31. The minimum absolute atomic E-state index is 0.225. The van der Waals surface area contributed by atoms with Crippen molar-refractivity contribution >= 4 is 5.91 Å². The Morgan fingerprint density at radius 2 is 1.77 bits per heavy atom. The van der Waals surface area contributed by atoms with Crippen molar-refractivity contribution in [1.29, 1.82) is 0 Å². The first kappa shape index (κ1) is 20.5. The first-order valence-electron chi connectivity index (χ1n) is 10.3. The van der Waals surface area contributed by atoms with Gasteiger partial charge in [0.1, 0.15) is 11.5 Å². The van der Waals surface area contributed by atoms with Gasteiger partial charge in [0, 0.05) is 12.1 Å². The Hall–Kier alpha value is -3.74. The van der Waals surface area contributed by atoms with Gasteiger partial charge < -0.3 is 9.73 Å². The summed E-state index contributed by atoms with van der Waals surface area (Å²) in [4.78, 5) is 17.2. The molecule has 0 radical (unpaired) electrons. The van der Waals surface area contributed by atoms with Gasteiger partial charge in [-0.1, -0.05) is 53.2 Å². The predicted octanol–water partition coefficient (Wildman–Crippen LogP) is 3.88. The highest BCUT2D eigenvalue weighted by Crippen LogP contribution is 2.23. The Bertz CT molecular complexity index is 1180. The molecule has 2 aromatic heterocycles. The number of aromatic nitrogens is 4. The van der Waals surface area contributed by atoms with Gasteiger partial charge in [0.15, 0.2) is 5.69 Å². The molecule has 7 heteroatoms. The van der Waals surface area contributed by atoms with Crippen LogP contribution in [0, 0.1) is 20.8 Å². The third kappa shape index (κ3) is 4.71. The molecule has 0 atom stereocenters. The summed E-state index contributed by atoms with van der Waals surface area (Å²) in [7, 11) is 0. The lowest BCUT2D eigenvalue weighted by Gasteiger charge is -2.05. The molecule has 0 saturated heterocycles. The van der Waals surface area contributed by atoms with E-state index in [1.165, 1.54) is 11.1 Å². The van der Waals surface area contributed by atoms with Crippen LogP contribution < -0.4 is 5.32 Å². The lowest BCUT2D eigenvalue weighted by Crippen LogP contribution is -2.26. The summed E-state index contributed by atoms with van der Waals surface area (Å²) in [5.41, 5.74) is 5.06. The Balaban J connectivity index is 1.42. The first-order valence-corrected chi connectivity index (χ1v) is 10.3. The smallest absolute Gasteiger partial charge is 0.273 e. The number of carbonyl (C=O) groups excluding carboxylic acids is 1. The van der Waals surface area contributed by atoms with Crippen molar-refractivity contribution in [3.63, 3.8) is 0 Å². The zero-order valence-electron chi connectivity index (χ0n) is 17.9. The summed E-state index contributed by atoms with van der Waals surface area (Å²) in [5, 5.41) is 11.2. The molecule has 0 aliphatic rings. The zero-order chi connectivity index (χ0) is 21.8. The van der Waals surface area contributed by atoms with Gasteiger partial charge in [-0.2, -0.15) is 0 Å². The maximum Gasteiger partial charge on any atom is 0.273 e. The van der Waals surface area contributed by atoms with E-state index in [-0.39, 0.29) is 5.91 Å². The third-order valence-corrected chi connectivity index (χ3v) is 5.23. The van der Waals surface area contributed by atoms with Crippen LogP contribution in [-0.2, 0) is 13.0 Å². The topological polar surface area (TPSA) is 85.8 Å². The van der Waals surface area contributed by atoms with Crippen molar-refractivity contribution in [1.82, 2.24) is 25.3 Å². The molecule has 31 heavy (non-hydrogen) atoms. The average Bonchev–Trinajstić information content (AvgIpc) is 3.32. The maximum atomic E-state index is 12.5. The standard InChI is InChI=1S/C24H25N5O2/c1-16-9-11-20(12-10-16)24-26-21(18(3)31-24)15-29-17(2)22(27-28-29)23(30)25-14-13-19-7-5-4-6-8-19/h4-12H,13-15H2,1-3H3,(H,25,30). The van der Waals surface area contributed by atoms with Crippen LogP contribution in [0.1, 0.15) is 38.8 Å². The minimum atomic E-state index is -0.225. The van der Waals surface area contributed by atoms with Gasteiger partial charge in [0.25, 0.3) is 5.91 Å². The lowest BCUT2D eigenvalue weighted by atomic mass is 10.1. The number of aryl methyl sites for hydroxylation is 2. The van der Waals surface area contributed by atoms with E-state index in [9.17, 15) is 4.79 Å². The lowest BCUT2D eigenvalue weighted by molar-refractivity contribution is 0.0948. The zero-order valence-corrected chi connectivity index (χ0v) is 17.9. The van der Waals surface area contributed by atoms with E-state index in [4.69, 9.17) is 4.42 Å². The van der Waals surface area contributed by atoms with E-state index in [1.54, 1.807) is 4.68 Å². The van der Waals surface area contributed by atoms with Crippen LogP contribution in [0.5, 0.6) is 0 Å². The monoisotopic (exact) mass is 415 g/mol. The molecule has 1 amide bonds. The summed E-state index contributed by atoms with van der Waals surface area (Å²) in [6.45, 7) is 6.68. The average molecular weight is 415 g/mol. The maximum absolute atomic E-state index is 12.5. The quantitative estimate of drug-likeness (QED) is 0.495. The Kier molecular flexibility index (Phi) is 5.93. The van der Waals surface area contributed by atoms with E-state index in [0.717, 1.165) is 23.4 Å². The highest BCUT2D eigenvalue weighted by molar-refractivity contribution is 5.93. The fraction of sp³-hybridized carbons (Fsp3) is 0.250. The largest absolute Gasteiger partial charge is 0.441 e. The number of nitrogens with zero attached hydrogens (tertiary/aromatic N) is 4. The molecule has 0 saturated carbocycles. The Labute approximate surface area is 181 Å². The molecule has 0 aliphatic heterocycles. The summed E-state index contributed by atoms with van der Waals surface area (Å²) in [6, 6.07) is 18.1. The van der Waals surface area contributed by atoms with Gasteiger partial charge >= 0.3 is 0 Å². The number of nitrogens with one attached hydrogen (secondary N) is 1. The molecule has 158 valence electrons. The minimum Gasteiger partial charge on any atom is -0.441 e. The fourth-order valence-corrected chi connectivity index (χ4v) is 3.31. The second kappa shape index (κ2) is 8.95. The summed E-state index contributed by atoms with van der Waals surface area (Å²) >= 11 is 0. The van der Waals surface area contributed by atoms with Gasteiger partial charge in [-0.3, -0.25) is 4.79 Å². The van der Waals surface area contributed by atoms with Crippen molar-refractivity contribution in [2.75, 3.05) is 6.54 Å². The molecule has 0 spiro atoms. The number of oxazole rings is 1. The second-order valence-electron chi connectivity index (χ2n) is 7.56. The number of benzene rings is 2. The predicted molar refractivity (Wildman–Crippen MR) is 118 cm³/mol. The van der Waals surface area contributed by atoms with Gasteiger partial charge in [-0.05, 0) is 44.9 Å². The molecule has 1 N–H and O–H groups in total. The highest BCUT2D eigenvalue weighted by atomic mass is 16.4. The molecule has 7 nitrogen and oxygen atoms in total. The van der Waals surface area contributed by atoms with Crippen LogP contribution in [0.4, 0.5) is 0 Å². The van der Waals surface area contributed by atoms with E-state index < -0.39 is 0 Å². The molecule has 2 aromatic carbocycles. The summed E-state index contributed by atoms with van der Waals surface area (Å²) in [5.74, 6) is 1.07. The number of rotatable bonds is 7. The van der Waals surface area contributed by atoms with Crippen molar-refractivity contribution in [2.24, 2.45) is 0 Å². The van der Waals surface area contributed by atoms with Crippen LogP contribution in [0.2, 0.25) is 0 Å². The Morgan fingerprint density at radius 1 is 1.03 bits per heavy atom. The van der Waals surface area contributed by atoms with E-state index in [2.05, 4.69) is 20.6 Å². The molecule has 2 heterocycles. The van der Waals surface area contributed by atoms with Crippen molar-refractivity contribution < 1.29 is 9.21 Å². The molecule has 0 fully saturated rings. The third-order valence-electron chi connectivity index (χ3n) is 5.23. The van der Waals surface area contributed by atoms with Gasteiger partial charge in [-0.25, -0.2) is 9.67 Å². The molecule has 4 aromatic rings. The molecule has 0 aliphatic carbocycles. The number of hydrogen-bond donors (Lipinski definition) is 1. The van der Waals surface area contributed by atoms with Crippen molar-refractivity contribution in [3.8, 4) is 11.5 Å². The van der Waals surface area contributed by atoms with E-state index in [0.29, 0.717) is 30.4 Å². The van der Waals surface area contributed by atoms with Crippen LogP contribution in [-0.4, -0.2) is 32.4 Å².